The number of hydrogen-bond donors (Lipinski definition) is 0. The van der Waals surface area contributed by atoms with Crippen molar-refractivity contribution in [2.45, 2.75) is 72.6 Å². The smallest absolute Gasteiger partial charge is 0.311 e. The maximum atomic E-state index is 12.5. The van der Waals surface area contributed by atoms with E-state index in [1.54, 1.807) is 12.7 Å². The van der Waals surface area contributed by atoms with Gasteiger partial charge in [0.05, 0.1) is 12.5 Å². The van der Waals surface area contributed by atoms with Gasteiger partial charge in [0.2, 0.25) is 0 Å². The Morgan fingerprint density at radius 3 is 2.65 bits per heavy atom. The molecule has 0 saturated heterocycles. The largest absolute Gasteiger partial charge is 0.469 e. The lowest BCUT2D eigenvalue weighted by Crippen LogP contribution is -2.53. The number of carbonyl (C=O) groups is 1. The highest BCUT2D eigenvalue weighted by Crippen LogP contribution is 2.63. The zero-order chi connectivity index (χ0) is 16.8. The molecule has 130 valence electrons. The molecule has 0 aliphatic heterocycles. The summed E-state index contributed by atoms with van der Waals surface area (Å²) in [7, 11) is 1.55. The van der Waals surface area contributed by atoms with Crippen molar-refractivity contribution < 1.29 is 9.53 Å². The summed E-state index contributed by atoms with van der Waals surface area (Å²) < 4.78 is 5.21. The first kappa shape index (κ1) is 17.0. The molecule has 2 saturated carbocycles. The maximum absolute atomic E-state index is 12.5. The van der Waals surface area contributed by atoms with E-state index in [-0.39, 0.29) is 16.8 Å². The lowest BCUT2D eigenvalue weighted by molar-refractivity contribution is -0.166. The first-order chi connectivity index (χ1) is 10.8. The van der Waals surface area contributed by atoms with Crippen molar-refractivity contribution in [1.82, 2.24) is 0 Å². The van der Waals surface area contributed by atoms with Crippen LogP contribution in [0.2, 0.25) is 0 Å². The molecule has 3 aliphatic carbocycles. The van der Waals surface area contributed by atoms with Crippen LogP contribution in [-0.2, 0) is 9.53 Å². The summed E-state index contributed by atoms with van der Waals surface area (Å²) in [5.41, 5.74) is 1.70. The van der Waals surface area contributed by atoms with Gasteiger partial charge in [-0.2, -0.15) is 0 Å². The van der Waals surface area contributed by atoms with Crippen molar-refractivity contribution in [3.63, 3.8) is 0 Å². The first-order valence-corrected chi connectivity index (χ1v) is 9.60. The highest BCUT2D eigenvalue weighted by Gasteiger charge is 2.57. The second kappa shape index (κ2) is 5.93. The Morgan fingerprint density at radius 2 is 2.00 bits per heavy atom. The molecule has 0 aromatic heterocycles. The summed E-state index contributed by atoms with van der Waals surface area (Å²) in [4.78, 5) is 12.5. The van der Waals surface area contributed by atoms with Crippen LogP contribution in [-0.4, -0.2) is 13.1 Å². The lowest BCUT2D eigenvalue weighted by atomic mass is 9.46. The first-order valence-electron chi connectivity index (χ1n) is 9.60. The Balaban J connectivity index is 1.92. The van der Waals surface area contributed by atoms with E-state index >= 15 is 0 Å². The van der Waals surface area contributed by atoms with E-state index < -0.39 is 0 Å². The number of esters is 1. The van der Waals surface area contributed by atoms with Gasteiger partial charge in [0, 0.05) is 0 Å². The van der Waals surface area contributed by atoms with Gasteiger partial charge in [0.1, 0.15) is 0 Å². The Kier molecular flexibility index (Phi) is 4.40. The van der Waals surface area contributed by atoms with Crippen LogP contribution in [0.1, 0.15) is 72.6 Å². The summed E-state index contributed by atoms with van der Waals surface area (Å²) in [5, 5.41) is 0. The molecule has 2 heteroatoms. The van der Waals surface area contributed by atoms with Crippen molar-refractivity contribution in [2.75, 3.05) is 7.11 Å². The fourth-order valence-electron chi connectivity index (χ4n) is 6.27. The van der Waals surface area contributed by atoms with Gasteiger partial charge in [-0.3, -0.25) is 4.79 Å². The molecule has 0 radical (unpaired) electrons. The Labute approximate surface area is 142 Å². The van der Waals surface area contributed by atoms with Crippen molar-refractivity contribution in [2.24, 2.45) is 34.5 Å². The third kappa shape index (κ3) is 2.57. The number of ether oxygens (including phenoxy) is 1. The number of carbonyl (C=O) groups excluding carboxylic acids is 1. The number of rotatable bonds is 2. The van der Waals surface area contributed by atoms with E-state index in [1.807, 2.05) is 0 Å². The molecular formula is C21H34O2. The highest BCUT2D eigenvalue weighted by atomic mass is 16.5. The van der Waals surface area contributed by atoms with Gasteiger partial charge in [-0.05, 0) is 74.5 Å². The number of allylic oxidation sites excluding steroid dienone is 2. The Hall–Kier alpha value is -0.790. The van der Waals surface area contributed by atoms with E-state index in [9.17, 15) is 4.79 Å². The van der Waals surface area contributed by atoms with Crippen molar-refractivity contribution >= 4 is 5.97 Å². The van der Waals surface area contributed by atoms with E-state index in [1.165, 1.54) is 25.7 Å². The molecule has 0 aromatic carbocycles. The predicted molar refractivity (Wildman–Crippen MR) is 93.9 cm³/mol. The fourth-order valence-corrected chi connectivity index (χ4v) is 6.27. The molecule has 2 nitrogen and oxygen atoms in total. The predicted octanol–water partition coefficient (Wildman–Crippen LogP) is 5.37. The minimum atomic E-state index is -0.293. The Morgan fingerprint density at radius 1 is 1.26 bits per heavy atom. The van der Waals surface area contributed by atoms with Gasteiger partial charge in [-0.25, -0.2) is 0 Å². The van der Waals surface area contributed by atoms with E-state index in [0.717, 1.165) is 31.1 Å². The molecule has 23 heavy (non-hydrogen) atoms. The van der Waals surface area contributed by atoms with Gasteiger partial charge in [0.15, 0.2) is 0 Å². The molecule has 5 atom stereocenters. The highest BCUT2D eigenvalue weighted by molar-refractivity contribution is 5.77. The van der Waals surface area contributed by atoms with Gasteiger partial charge < -0.3 is 4.74 Å². The summed E-state index contributed by atoms with van der Waals surface area (Å²) in [5.74, 6) is 2.80. The number of methoxy groups -OCH3 is 1. The minimum absolute atomic E-state index is 0.0149. The summed E-state index contributed by atoms with van der Waals surface area (Å²) in [6, 6.07) is 0. The van der Waals surface area contributed by atoms with E-state index in [2.05, 4.69) is 33.8 Å². The molecule has 2 fully saturated rings. The average molecular weight is 319 g/mol. The van der Waals surface area contributed by atoms with Gasteiger partial charge in [0.25, 0.3) is 0 Å². The van der Waals surface area contributed by atoms with Crippen LogP contribution in [0.3, 0.4) is 0 Å². The van der Waals surface area contributed by atoms with Crippen molar-refractivity contribution in [1.29, 1.82) is 0 Å². The SMILES string of the molecule is COC(=O)C1(C)CCC[C@@]2(C)C3CCC(C(C)C)CC3=CC[C@@H]12. The maximum Gasteiger partial charge on any atom is 0.311 e. The monoisotopic (exact) mass is 318 g/mol. The average Bonchev–Trinajstić information content (AvgIpc) is 2.53. The third-order valence-corrected chi connectivity index (χ3v) is 7.75. The van der Waals surface area contributed by atoms with E-state index in [0.29, 0.717) is 11.8 Å². The summed E-state index contributed by atoms with van der Waals surface area (Å²) in [6.07, 6.45) is 11.0. The van der Waals surface area contributed by atoms with Crippen LogP contribution < -0.4 is 0 Å². The molecule has 3 unspecified atom stereocenters. The summed E-state index contributed by atoms with van der Waals surface area (Å²) >= 11 is 0. The molecule has 0 amide bonds. The van der Waals surface area contributed by atoms with Crippen molar-refractivity contribution in [3.8, 4) is 0 Å². The number of hydrogen-bond acceptors (Lipinski definition) is 2. The van der Waals surface area contributed by atoms with Crippen LogP contribution in [0, 0.1) is 34.5 Å². The molecule has 0 N–H and O–H groups in total. The quantitative estimate of drug-likeness (QED) is 0.505. The van der Waals surface area contributed by atoms with Crippen LogP contribution >= 0.6 is 0 Å². The van der Waals surface area contributed by atoms with Crippen molar-refractivity contribution in [3.05, 3.63) is 11.6 Å². The van der Waals surface area contributed by atoms with Gasteiger partial charge >= 0.3 is 5.97 Å². The molecule has 0 bridgehead atoms. The number of fused-ring (bicyclic) bond motifs is 3. The molecular weight excluding hydrogens is 284 g/mol. The van der Waals surface area contributed by atoms with Gasteiger partial charge in [-0.15, -0.1) is 0 Å². The minimum Gasteiger partial charge on any atom is -0.469 e. The summed E-state index contributed by atoms with van der Waals surface area (Å²) in [6.45, 7) is 9.38. The zero-order valence-electron chi connectivity index (χ0n) is 15.7. The second-order valence-corrected chi connectivity index (χ2v) is 9.17. The topological polar surface area (TPSA) is 26.3 Å². The van der Waals surface area contributed by atoms with Crippen LogP contribution in [0.4, 0.5) is 0 Å². The van der Waals surface area contributed by atoms with Crippen LogP contribution in [0.5, 0.6) is 0 Å². The van der Waals surface area contributed by atoms with E-state index in [4.69, 9.17) is 4.74 Å². The molecule has 0 heterocycles. The molecule has 0 aromatic rings. The van der Waals surface area contributed by atoms with Gasteiger partial charge in [-0.1, -0.05) is 38.8 Å². The molecule has 3 rings (SSSR count). The lowest BCUT2D eigenvalue weighted by Gasteiger charge is -2.58. The fraction of sp³-hybridized carbons (Fsp3) is 0.857. The van der Waals surface area contributed by atoms with Crippen LogP contribution in [0.25, 0.3) is 0 Å². The third-order valence-electron chi connectivity index (χ3n) is 7.75. The normalized spacial score (nSPS) is 43.4. The standard InChI is InChI=1S/C21H34O2/c1-14(2)15-7-9-17-16(13-15)8-10-18-20(17,3)11-6-12-21(18,4)19(22)23-5/h8,14-15,17-18H,6-7,9-13H2,1-5H3/t15?,17?,18-,20+,21?/m1/s1. The Bertz CT molecular complexity index is 506. The molecule has 3 aliphatic rings. The molecule has 0 spiro atoms. The zero-order valence-corrected chi connectivity index (χ0v) is 15.7. The van der Waals surface area contributed by atoms with Crippen LogP contribution in [0.15, 0.2) is 11.6 Å². The second-order valence-electron chi connectivity index (χ2n) is 9.17.